The highest BCUT2D eigenvalue weighted by Crippen LogP contribution is 2.40. The van der Waals surface area contributed by atoms with Crippen LogP contribution < -0.4 is 0 Å². The number of aryl methyl sites for hydroxylation is 1. The third-order valence-corrected chi connectivity index (χ3v) is 6.00. The van der Waals surface area contributed by atoms with Crippen LogP contribution in [0.15, 0.2) is 18.2 Å². The Morgan fingerprint density at radius 2 is 2.04 bits per heavy atom. The van der Waals surface area contributed by atoms with E-state index in [9.17, 15) is 9.18 Å². The van der Waals surface area contributed by atoms with Crippen molar-refractivity contribution in [3.8, 4) is 0 Å². The largest absolute Gasteiger partial charge is 0.383 e. The summed E-state index contributed by atoms with van der Waals surface area (Å²) in [5, 5.41) is 0. The number of ether oxygens (including phenoxy) is 1. The van der Waals surface area contributed by atoms with Crippen LogP contribution in [-0.2, 0) is 4.74 Å². The van der Waals surface area contributed by atoms with Crippen molar-refractivity contribution in [2.45, 2.75) is 44.2 Å². The molecule has 2 fully saturated rings. The fourth-order valence-corrected chi connectivity index (χ4v) is 4.35. The van der Waals surface area contributed by atoms with Crippen molar-refractivity contribution in [1.29, 1.82) is 0 Å². The second kappa shape index (κ2) is 6.81. The molecule has 4 nitrogen and oxygen atoms in total. The molecule has 0 aromatic heterocycles. The summed E-state index contributed by atoms with van der Waals surface area (Å²) in [5.74, 6) is -0.269. The summed E-state index contributed by atoms with van der Waals surface area (Å²) in [6.45, 7) is 4.09. The molecule has 5 heteroatoms. The van der Waals surface area contributed by atoms with E-state index < -0.39 is 0 Å². The molecule has 1 amide bonds. The fourth-order valence-electron chi connectivity index (χ4n) is 4.35. The molecule has 1 atom stereocenters. The molecule has 0 N–H and O–H groups in total. The van der Waals surface area contributed by atoms with Crippen LogP contribution in [-0.4, -0.2) is 61.1 Å². The third-order valence-electron chi connectivity index (χ3n) is 6.00. The monoisotopic (exact) mass is 334 g/mol. The molecule has 2 saturated heterocycles. The second-order valence-corrected chi connectivity index (χ2v) is 7.23. The van der Waals surface area contributed by atoms with Gasteiger partial charge < -0.3 is 9.64 Å². The first kappa shape index (κ1) is 17.4. The van der Waals surface area contributed by atoms with Crippen LogP contribution in [0.4, 0.5) is 4.39 Å². The van der Waals surface area contributed by atoms with E-state index in [0.717, 1.165) is 39.0 Å². The van der Waals surface area contributed by atoms with E-state index in [1.54, 1.807) is 20.1 Å². The molecular weight excluding hydrogens is 307 g/mol. The molecule has 2 aliphatic rings. The zero-order chi connectivity index (χ0) is 17.3. The minimum Gasteiger partial charge on any atom is -0.383 e. The summed E-state index contributed by atoms with van der Waals surface area (Å²) in [6, 6.07) is 4.88. The van der Waals surface area contributed by atoms with Gasteiger partial charge in [-0.25, -0.2) is 4.39 Å². The molecule has 0 aliphatic carbocycles. The predicted octanol–water partition coefficient (Wildman–Crippen LogP) is 2.85. The minimum absolute atomic E-state index is 0.0245. The van der Waals surface area contributed by atoms with Gasteiger partial charge in [-0.1, -0.05) is 0 Å². The van der Waals surface area contributed by atoms with Crippen LogP contribution in [0.25, 0.3) is 0 Å². The first-order valence-corrected chi connectivity index (χ1v) is 8.74. The number of hydrogen-bond donors (Lipinski definition) is 0. The van der Waals surface area contributed by atoms with Gasteiger partial charge in [-0.15, -0.1) is 0 Å². The third kappa shape index (κ3) is 3.07. The zero-order valence-electron chi connectivity index (χ0n) is 14.8. The number of nitrogens with zero attached hydrogens (tertiary/aromatic N) is 2. The first-order chi connectivity index (χ1) is 11.5. The van der Waals surface area contributed by atoms with Crippen LogP contribution >= 0.6 is 0 Å². The van der Waals surface area contributed by atoms with Crippen molar-refractivity contribution in [3.63, 3.8) is 0 Å². The molecule has 3 rings (SSSR count). The summed E-state index contributed by atoms with van der Waals surface area (Å²) in [7, 11) is 3.95. The molecule has 2 heterocycles. The van der Waals surface area contributed by atoms with E-state index in [2.05, 4.69) is 11.9 Å². The molecule has 0 unspecified atom stereocenters. The average molecular weight is 334 g/mol. The maximum atomic E-state index is 13.3. The molecule has 0 bridgehead atoms. The normalized spacial score (nSPS) is 23.8. The molecule has 24 heavy (non-hydrogen) atoms. The topological polar surface area (TPSA) is 32.8 Å². The number of amides is 1. The number of likely N-dealkylation sites (tertiary alicyclic amines) is 2. The van der Waals surface area contributed by atoms with E-state index >= 15 is 0 Å². The van der Waals surface area contributed by atoms with Crippen molar-refractivity contribution in [2.24, 2.45) is 0 Å². The fraction of sp³-hybridized carbons (Fsp3) is 0.632. The lowest BCUT2D eigenvalue weighted by atomic mass is 9.85. The lowest BCUT2D eigenvalue weighted by molar-refractivity contribution is 0.0273. The number of halogens is 1. The van der Waals surface area contributed by atoms with Crippen molar-refractivity contribution in [2.75, 3.05) is 33.9 Å². The zero-order valence-corrected chi connectivity index (χ0v) is 14.8. The number of methoxy groups -OCH3 is 1. The number of benzene rings is 1. The van der Waals surface area contributed by atoms with Gasteiger partial charge in [0.2, 0.25) is 0 Å². The van der Waals surface area contributed by atoms with Crippen LogP contribution in [0, 0.1) is 12.7 Å². The molecule has 1 aromatic carbocycles. The highest BCUT2D eigenvalue weighted by molar-refractivity contribution is 5.95. The number of carbonyl (C=O) groups is 1. The Balaban J connectivity index is 1.66. The number of carbonyl (C=O) groups excluding carboxylic acids is 1. The lowest BCUT2D eigenvalue weighted by Crippen LogP contribution is -2.54. The second-order valence-electron chi connectivity index (χ2n) is 7.23. The number of piperidine rings is 1. The van der Waals surface area contributed by atoms with Crippen molar-refractivity contribution >= 4 is 5.91 Å². The van der Waals surface area contributed by atoms with Crippen LogP contribution in [0.5, 0.6) is 0 Å². The first-order valence-electron chi connectivity index (χ1n) is 8.74. The standard InChI is InChI=1S/C19H27FN2O2/c1-14-12-15(20)4-5-17(14)18(23)22-10-8-19(9-11-22)7-6-16(13-24-3)21(19)2/h4-5,12,16H,6-11,13H2,1-3H3/t16-/m0/s1. The molecule has 0 saturated carbocycles. The Hall–Kier alpha value is -1.46. The Morgan fingerprint density at radius 1 is 1.33 bits per heavy atom. The molecule has 1 aromatic rings. The number of likely N-dealkylation sites (N-methyl/N-ethyl adjacent to an activating group) is 1. The van der Waals surface area contributed by atoms with Crippen molar-refractivity contribution < 1.29 is 13.9 Å². The van der Waals surface area contributed by atoms with Gasteiger partial charge in [0.05, 0.1) is 6.61 Å². The van der Waals surface area contributed by atoms with Gasteiger partial charge in [-0.05, 0) is 63.4 Å². The van der Waals surface area contributed by atoms with Gasteiger partial charge in [0, 0.05) is 37.3 Å². The van der Waals surface area contributed by atoms with Gasteiger partial charge in [-0.2, -0.15) is 0 Å². The average Bonchev–Trinajstić information content (AvgIpc) is 2.85. The molecule has 1 spiro atoms. The summed E-state index contributed by atoms with van der Waals surface area (Å²) >= 11 is 0. The number of hydrogen-bond acceptors (Lipinski definition) is 3. The van der Waals surface area contributed by atoms with Crippen LogP contribution in [0.1, 0.15) is 41.6 Å². The summed E-state index contributed by atoms with van der Waals surface area (Å²) in [5.41, 5.74) is 1.53. The predicted molar refractivity (Wildman–Crippen MR) is 91.7 cm³/mol. The summed E-state index contributed by atoms with van der Waals surface area (Å²) in [4.78, 5) is 17.1. The molecule has 2 aliphatic heterocycles. The van der Waals surface area contributed by atoms with Crippen LogP contribution in [0.2, 0.25) is 0 Å². The molecule has 132 valence electrons. The lowest BCUT2D eigenvalue weighted by Gasteiger charge is -2.45. The molecule has 0 radical (unpaired) electrons. The van der Waals surface area contributed by atoms with E-state index in [0.29, 0.717) is 17.2 Å². The Labute approximate surface area is 143 Å². The van der Waals surface area contributed by atoms with E-state index in [1.165, 1.54) is 18.6 Å². The highest BCUT2D eigenvalue weighted by atomic mass is 19.1. The SMILES string of the molecule is COC[C@@H]1CCC2(CCN(C(=O)c3ccc(F)cc3C)CC2)N1C. The Morgan fingerprint density at radius 3 is 2.67 bits per heavy atom. The van der Waals surface area contributed by atoms with Gasteiger partial charge in [0.25, 0.3) is 5.91 Å². The van der Waals surface area contributed by atoms with Crippen molar-refractivity contribution in [3.05, 3.63) is 35.1 Å². The van der Waals surface area contributed by atoms with Crippen LogP contribution in [0.3, 0.4) is 0 Å². The summed E-state index contributed by atoms with van der Waals surface area (Å²) < 4.78 is 18.6. The van der Waals surface area contributed by atoms with E-state index in [4.69, 9.17) is 4.74 Å². The maximum absolute atomic E-state index is 13.3. The summed E-state index contributed by atoms with van der Waals surface area (Å²) in [6.07, 6.45) is 4.33. The van der Waals surface area contributed by atoms with E-state index in [1.807, 2.05) is 4.90 Å². The maximum Gasteiger partial charge on any atom is 0.254 e. The smallest absolute Gasteiger partial charge is 0.254 e. The van der Waals surface area contributed by atoms with E-state index in [-0.39, 0.29) is 17.3 Å². The van der Waals surface area contributed by atoms with Gasteiger partial charge in [0.1, 0.15) is 5.82 Å². The Kier molecular flexibility index (Phi) is 4.92. The quantitative estimate of drug-likeness (QED) is 0.852. The minimum atomic E-state index is -0.293. The van der Waals surface area contributed by atoms with Gasteiger partial charge in [0.15, 0.2) is 0 Å². The van der Waals surface area contributed by atoms with Gasteiger partial charge >= 0.3 is 0 Å². The number of rotatable bonds is 3. The highest BCUT2D eigenvalue weighted by Gasteiger charge is 2.46. The van der Waals surface area contributed by atoms with Crippen molar-refractivity contribution in [1.82, 2.24) is 9.80 Å². The van der Waals surface area contributed by atoms with Gasteiger partial charge in [-0.3, -0.25) is 9.69 Å². The molecular formula is C19H27FN2O2. The Bertz CT molecular complexity index is 611.